The summed E-state index contributed by atoms with van der Waals surface area (Å²) in [6, 6.07) is 0. The Morgan fingerprint density at radius 2 is 2.32 bits per heavy atom. The lowest BCUT2D eigenvalue weighted by molar-refractivity contribution is -0.384. The van der Waals surface area contributed by atoms with E-state index in [1.165, 1.54) is 11.0 Å². The Morgan fingerprint density at radius 1 is 1.58 bits per heavy atom. The zero-order chi connectivity index (χ0) is 14.0. The molecule has 9 nitrogen and oxygen atoms in total. The van der Waals surface area contributed by atoms with Crippen molar-refractivity contribution in [1.29, 1.82) is 0 Å². The van der Waals surface area contributed by atoms with Crippen LogP contribution in [0.15, 0.2) is 6.33 Å². The fourth-order valence-electron chi connectivity index (χ4n) is 1.78. The smallest absolute Gasteiger partial charge is 0.334 e. The first-order valence-corrected chi connectivity index (χ1v) is 5.80. The van der Waals surface area contributed by atoms with Crippen molar-refractivity contribution < 1.29 is 4.92 Å². The minimum absolute atomic E-state index is 0.0111. The van der Waals surface area contributed by atoms with E-state index in [2.05, 4.69) is 25.6 Å². The maximum atomic E-state index is 11.2. The van der Waals surface area contributed by atoms with Gasteiger partial charge in [-0.25, -0.2) is 9.67 Å². The van der Waals surface area contributed by atoms with E-state index in [0.29, 0.717) is 23.9 Å². The monoisotopic (exact) mass is 265 g/mol. The van der Waals surface area contributed by atoms with Crippen molar-refractivity contribution >= 4 is 11.5 Å². The molecule has 0 radical (unpaired) electrons. The first-order chi connectivity index (χ1) is 9.00. The van der Waals surface area contributed by atoms with Crippen LogP contribution in [0.4, 0.5) is 11.5 Å². The van der Waals surface area contributed by atoms with Gasteiger partial charge in [0.1, 0.15) is 17.8 Å². The molecule has 0 unspecified atom stereocenters. The average molecular weight is 265 g/mol. The van der Waals surface area contributed by atoms with E-state index in [9.17, 15) is 10.1 Å². The van der Waals surface area contributed by atoms with Gasteiger partial charge in [0.2, 0.25) is 5.82 Å². The van der Waals surface area contributed by atoms with Crippen LogP contribution in [-0.2, 0) is 13.6 Å². The third-order valence-corrected chi connectivity index (χ3v) is 2.67. The highest BCUT2D eigenvalue weighted by molar-refractivity contribution is 5.60. The largest absolute Gasteiger partial charge is 0.357 e. The second-order valence-corrected chi connectivity index (χ2v) is 4.40. The summed E-state index contributed by atoms with van der Waals surface area (Å²) in [6.45, 7) is 4.06. The van der Waals surface area contributed by atoms with Gasteiger partial charge in [-0.05, 0) is 0 Å². The van der Waals surface area contributed by atoms with Crippen LogP contribution in [-0.4, -0.2) is 29.9 Å². The molecule has 2 aromatic heterocycles. The molecule has 0 spiro atoms. The van der Waals surface area contributed by atoms with E-state index in [1.54, 1.807) is 7.05 Å². The highest BCUT2D eigenvalue weighted by Crippen LogP contribution is 2.32. The van der Waals surface area contributed by atoms with Gasteiger partial charge in [-0.3, -0.25) is 15.2 Å². The number of nitrogens with zero attached hydrogens (tertiary/aromatic N) is 5. The summed E-state index contributed by atoms with van der Waals surface area (Å²) in [7, 11) is 1.67. The summed E-state index contributed by atoms with van der Waals surface area (Å²) in [5.41, 5.74) is 0.476. The van der Waals surface area contributed by atoms with Crippen LogP contribution in [0.5, 0.6) is 0 Å². The number of hydrogen-bond acceptors (Lipinski definition) is 6. The van der Waals surface area contributed by atoms with E-state index in [4.69, 9.17) is 0 Å². The van der Waals surface area contributed by atoms with Crippen molar-refractivity contribution in [2.75, 3.05) is 5.32 Å². The third kappa shape index (κ3) is 2.54. The van der Waals surface area contributed by atoms with Gasteiger partial charge in [-0.2, -0.15) is 10.2 Å². The predicted octanol–water partition coefficient (Wildman–Crippen LogP) is 1.18. The zero-order valence-electron chi connectivity index (χ0n) is 10.9. The number of aryl methyl sites for hydroxylation is 1. The first kappa shape index (κ1) is 13.0. The van der Waals surface area contributed by atoms with Crippen LogP contribution >= 0.6 is 0 Å². The molecule has 0 aliphatic rings. The van der Waals surface area contributed by atoms with Gasteiger partial charge >= 0.3 is 5.69 Å². The van der Waals surface area contributed by atoms with E-state index >= 15 is 0 Å². The molecule has 0 aliphatic heterocycles. The number of nitro groups is 1. The van der Waals surface area contributed by atoms with Crippen molar-refractivity contribution in [3.8, 4) is 0 Å². The van der Waals surface area contributed by atoms with Crippen LogP contribution in [0.2, 0.25) is 0 Å². The van der Waals surface area contributed by atoms with Gasteiger partial charge in [0.25, 0.3) is 0 Å². The molecule has 0 saturated heterocycles. The number of rotatable bonds is 5. The Morgan fingerprint density at radius 3 is 2.84 bits per heavy atom. The number of nitrogens with one attached hydrogen (secondary N) is 2. The number of anilines is 1. The molecule has 0 aromatic carbocycles. The first-order valence-electron chi connectivity index (χ1n) is 5.80. The minimum atomic E-state index is -0.412. The quantitative estimate of drug-likeness (QED) is 0.619. The maximum Gasteiger partial charge on any atom is 0.334 e. The lowest BCUT2D eigenvalue weighted by Crippen LogP contribution is -2.07. The summed E-state index contributed by atoms with van der Waals surface area (Å²) in [6.07, 6.45) is 1.38. The van der Waals surface area contributed by atoms with Crippen LogP contribution in [0.25, 0.3) is 0 Å². The van der Waals surface area contributed by atoms with Crippen molar-refractivity contribution in [2.45, 2.75) is 26.3 Å². The summed E-state index contributed by atoms with van der Waals surface area (Å²) in [5, 5.41) is 24.8. The average Bonchev–Trinajstić information content (AvgIpc) is 2.93. The fraction of sp³-hybridized carbons (Fsp3) is 0.500. The molecule has 2 aromatic rings. The van der Waals surface area contributed by atoms with E-state index in [1.807, 2.05) is 13.8 Å². The fourth-order valence-corrected chi connectivity index (χ4v) is 1.78. The zero-order valence-corrected chi connectivity index (χ0v) is 10.9. The lowest BCUT2D eigenvalue weighted by Gasteiger charge is -2.03. The Hall–Kier alpha value is -2.45. The normalized spacial score (nSPS) is 10.9. The van der Waals surface area contributed by atoms with Gasteiger partial charge < -0.3 is 5.32 Å². The topological polar surface area (TPSA) is 115 Å². The second-order valence-electron chi connectivity index (χ2n) is 4.40. The summed E-state index contributed by atoms with van der Waals surface area (Å²) < 4.78 is 1.48. The van der Waals surface area contributed by atoms with Crippen molar-refractivity contribution in [2.24, 2.45) is 7.05 Å². The Bertz CT molecular complexity index is 573. The molecule has 0 bridgehead atoms. The number of hydrogen-bond donors (Lipinski definition) is 2. The summed E-state index contributed by atoms with van der Waals surface area (Å²) >= 11 is 0. The Balaban J connectivity index is 2.30. The van der Waals surface area contributed by atoms with Crippen LogP contribution in [0.3, 0.4) is 0 Å². The number of aromatic nitrogens is 5. The van der Waals surface area contributed by atoms with Crippen LogP contribution in [0.1, 0.15) is 31.3 Å². The van der Waals surface area contributed by atoms with E-state index < -0.39 is 4.92 Å². The highest BCUT2D eigenvalue weighted by Gasteiger charge is 2.28. The van der Waals surface area contributed by atoms with E-state index in [0.717, 1.165) is 0 Å². The number of H-pyrrole nitrogens is 1. The number of aromatic amines is 1. The molecule has 0 aliphatic carbocycles. The van der Waals surface area contributed by atoms with E-state index in [-0.39, 0.29) is 11.6 Å². The molecular weight excluding hydrogens is 250 g/mol. The van der Waals surface area contributed by atoms with Crippen LogP contribution < -0.4 is 5.32 Å². The molecular formula is C10H15N7O2. The molecule has 2 N–H and O–H groups in total. The Kier molecular flexibility index (Phi) is 3.45. The summed E-state index contributed by atoms with van der Waals surface area (Å²) in [4.78, 5) is 14.7. The van der Waals surface area contributed by atoms with Gasteiger partial charge in [-0.1, -0.05) is 13.8 Å². The van der Waals surface area contributed by atoms with Crippen molar-refractivity contribution in [3.63, 3.8) is 0 Å². The van der Waals surface area contributed by atoms with Gasteiger partial charge in [0, 0.05) is 13.0 Å². The lowest BCUT2D eigenvalue weighted by atomic mass is 10.1. The maximum absolute atomic E-state index is 11.2. The minimum Gasteiger partial charge on any atom is -0.357 e. The molecule has 2 heterocycles. The molecule has 102 valence electrons. The summed E-state index contributed by atoms with van der Waals surface area (Å²) in [5.74, 6) is 0.944. The predicted molar refractivity (Wildman–Crippen MR) is 67.7 cm³/mol. The SMILES string of the molecule is CC(C)c1nn(C)c(NCc2ncn[nH]2)c1[N+](=O)[O-]. The van der Waals surface area contributed by atoms with Crippen molar-refractivity contribution in [3.05, 3.63) is 28.0 Å². The van der Waals surface area contributed by atoms with Gasteiger partial charge in [0.15, 0.2) is 0 Å². The standard InChI is InChI=1S/C10H15N7O2/c1-6(2)8-9(17(18)19)10(16(3)15-8)11-4-7-12-5-13-14-7/h5-6,11H,4H2,1-3H3,(H,12,13,14). The molecule has 19 heavy (non-hydrogen) atoms. The van der Waals surface area contributed by atoms with Crippen molar-refractivity contribution in [1.82, 2.24) is 25.0 Å². The third-order valence-electron chi connectivity index (χ3n) is 2.67. The molecule has 2 rings (SSSR count). The molecule has 0 saturated carbocycles. The van der Waals surface area contributed by atoms with Gasteiger partial charge in [-0.15, -0.1) is 0 Å². The molecule has 0 amide bonds. The molecule has 9 heteroatoms. The highest BCUT2D eigenvalue weighted by atomic mass is 16.6. The molecule has 0 fully saturated rings. The van der Waals surface area contributed by atoms with Gasteiger partial charge in [0.05, 0.1) is 11.5 Å². The second kappa shape index (κ2) is 5.04. The van der Waals surface area contributed by atoms with Crippen LogP contribution in [0, 0.1) is 10.1 Å². The Labute approximate surface area is 109 Å². The molecule has 0 atom stereocenters.